The van der Waals surface area contributed by atoms with Gasteiger partial charge in [-0.1, -0.05) is 0 Å². The van der Waals surface area contributed by atoms with E-state index < -0.39 is 26.7 Å². The van der Waals surface area contributed by atoms with Gasteiger partial charge in [0.15, 0.2) is 5.75 Å². The largest absolute Gasteiger partial charge is 0.478 e. The zero-order valence-electron chi connectivity index (χ0n) is 14.6. The third kappa shape index (κ3) is 4.04. The predicted molar refractivity (Wildman–Crippen MR) is 97.3 cm³/mol. The molecule has 1 fully saturated rings. The van der Waals surface area contributed by atoms with Crippen LogP contribution in [0.5, 0.6) is 11.5 Å². The van der Waals surface area contributed by atoms with E-state index in [9.17, 15) is 22.7 Å². The Morgan fingerprint density at radius 1 is 1.30 bits per heavy atom. The fourth-order valence-corrected chi connectivity index (χ4v) is 3.85. The number of primary sulfonamides is 1. The van der Waals surface area contributed by atoms with Crippen LogP contribution in [0.25, 0.3) is 0 Å². The number of halogens is 1. The molecule has 1 atom stereocenters. The molecule has 0 aromatic heterocycles. The van der Waals surface area contributed by atoms with Crippen molar-refractivity contribution in [1.29, 1.82) is 0 Å². The second-order valence-corrected chi connectivity index (χ2v) is 7.94. The Bertz CT molecular complexity index is 976. The summed E-state index contributed by atoms with van der Waals surface area (Å²) in [5.74, 6) is -1.61. The topological polar surface area (TPSA) is 110 Å². The van der Waals surface area contributed by atoms with Gasteiger partial charge in [-0.3, -0.25) is 0 Å². The monoisotopic (exact) mass is 394 g/mol. The van der Waals surface area contributed by atoms with Crippen molar-refractivity contribution >= 4 is 21.7 Å². The van der Waals surface area contributed by atoms with Crippen molar-refractivity contribution in [2.45, 2.75) is 30.7 Å². The molecular weight excluding hydrogens is 375 g/mol. The van der Waals surface area contributed by atoms with Crippen LogP contribution in [-0.2, 0) is 10.0 Å². The third-order valence-corrected chi connectivity index (χ3v) is 5.40. The van der Waals surface area contributed by atoms with Gasteiger partial charge >= 0.3 is 5.97 Å². The van der Waals surface area contributed by atoms with E-state index in [1.165, 1.54) is 30.3 Å². The number of carboxylic acids is 1. The van der Waals surface area contributed by atoms with E-state index in [0.717, 1.165) is 18.9 Å². The Hall–Kier alpha value is -2.65. The molecule has 3 N–H and O–H groups in total. The first kappa shape index (κ1) is 19.1. The van der Waals surface area contributed by atoms with Crippen LogP contribution in [0.1, 0.15) is 30.1 Å². The number of carbonyl (C=O) groups is 1. The van der Waals surface area contributed by atoms with Gasteiger partial charge in [-0.2, -0.15) is 0 Å². The number of hydrogen-bond donors (Lipinski definition) is 2. The number of rotatable bonds is 5. The Morgan fingerprint density at radius 2 is 1.96 bits per heavy atom. The van der Waals surface area contributed by atoms with Gasteiger partial charge in [0, 0.05) is 12.6 Å². The van der Waals surface area contributed by atoms with E-state index in [2.05, 4.69) is 0 Å². The lowest BCUT2D eigenvalue weighted by atomic mass is 10.1. The van der Waals surface area contributed by atoms with Crippen molar-refractivity contribution in [2.24, 2.45) is 5.14 Å². The first-order valence-electron chi connectivity index (χ1n) is 8.31. The molecule has 0 radical (unpaired) electrons. The average molecular weight is 394 g/mol. The summed E-state index contributed by atoms with van der Waals surface area (Å²) in [6, 6.07) is 7.47. The summed E-state index contributed by atoms with van der Waals surface area (Å²) in [6.07, 6.45) is 1.75. The minimum absolute atomic E-state index is 0.0668. The average Bonchev–Trinajstić information content (AvgIpc) is 3.01. The molecule has 0 amide bonds. The maximum Gasteiger partial charge on any atom is 0.335 e. The van der Waals surface area contributed by atoms with E-state index in [1.54, 1.807) is 0 Å². The highest BCUT2D eigenvalue weighted by Crippen LogP contribution is 2.41. The summed E-state index contributed by atoms with van der Waals surface area (Å²) in [6.45, 7) is 2.58. The fourth-order valence-electron chi connectivity index (χ4n) is 3.15. The minimum Gasteiger partial charge on any atom is -0.478 e. The summed E-state index contributed by atoms with van der Waals surface area (Å²) >= 11 is 0. The van der Waals surface area contributed by atoms with Gasteiger partial charge in [0.1, 0.15) is 16.5 Å². The quantitative estimate of drug-likeness (QED) is 0.807. The molecule has 2 aromatic rings. The summed E-state index contributed by atoms with van der Waals surface area (Å²) in [7, 11) is -4.28. The maximum atomic E-state index is 13.2. The van der Waals surface area contributed by atoms with Gasteiger partial charge < -0.3 is 14.7 Å². The second kappa shape index (κ2) is 7.16. The zero-order chi connectivity index (χ0) is 19.8. The molecule has 1 aliphatic heterocycles. The lowest BCUT2D eigenvalue weighted by Crippen LogP contribution is -2.28. The molecule has 1 heterocycles. The molecule has 0 spiro atoms. The van der Waals surface area contributed by atoms with Crippen LogP contribution in [0.4, 0.5) is 10.1 Å². The number of carboxylic acid groups (broad SMARTS) is 1. The van der Waals surface area contributed by atoms with E-state index in [-0.39, 0.29) is 23.1 Å². The normalized spacial score (nSPS) is 17.1. The highest BCUT2D eigenvalue weighted by Gasteiger charge is 2.30. The number of anilines is 1. The van der Waals surface area contributed by atoms with Crippen molar-refractivity contribution < 1.29 is 27.4 Å². The van der Waals surface area contributed by atoms with Gasteiger partial charge in [0.25, 0.3) is 0 Å². The van der Waals surface area contributed by atoms with Crippen molar-refractivity contribution in [3.05, 3.63) is 47.8 Å². The van der Waals surface area contributed by atoms with Crippen LogP contribution < -0.4 is 14.8 Å². The highest BCUT2D eigenvalue weighted by molar-refractivity contribution is 7.89. The molecule has 0 aliphatic carbocycles. The first-order chi connectivity index (χ1) is 12.7. The summed E-state index contributed by atoms with van der Waals surface area (Å²) < 4.78 is 43.2. The smallest absolute Gasteiger partial charge is 0.335 e. The number of hydrogen-bond acceptors (Lipinski definition) is 5. The van der Waals surface area contributed by atoms with E-state index >= 15 is 0 Å². The number of nitrogens with two attached hydrogens (primary N) is 1. The van der Waals surface area contributed by atoms with Crippen molar-refractivity contribution in [1.82, 2.24) is 0 Å². The van der Waals surface area contributed by atoms with E-state index in [1.807, 2.05) is 11.8 Å². The molecule has 1 aliphatic rings. The first-order valence-corrected chi connectivity index (χ1v) is 9.85. The minimum atomic E-state index is -4.28. The molecule has 7 nitrogen and oxygen atoms in total. The maximum absolute atomic E-state index is 13.2. The summed E-state index contributed by atoms with van der Waals surface area (Å²) in [4.78, 5) is 13.0. The van der Waals surface area contributed by atoms with Gasteiger partial charge in [-0.05, 0) is 56.2 Å². The molecule has 27 heavy (non-hydrogen) atoms. The number of nitrogens with zero attached hydrogens (tertiary/aromatic N) is 1. The molecule has 1 saturated heterocycles. The lowest BCUT2D eigenvalue weighted by Gasteiger charge is -2.27. The van der Waals surface area contributed by atoms with Crippen molar-refractivity contribution in [2.75, 3.05) is 11.4 Å². The SMILES string of the molecule is CC1CCCN1c1cc(C(=O)O)cc(S(N)(=O)=O)c1Oc1ccc(F)cc1. The Balaban J connectivity index is 2.23. The van der Waals surface area contributed by atoms with Gasteiger partial charge in [-0.25, -0.2) is 22.7 Å². The van der Waals surface area contributed by atoms with Gasteiger partial charge in [-0.15, -0.1) is 0 Å². The highest BCUT2D eigenvalue weighted by atomic mass is 32.2. The van der Waals surface area contributed by atoms with Crippen LogP contribution in [0.3, 0.4) is 0 Å². The third-order valence-electron chi connectivity index (χ3n) is 4.48. The van der Waals surface area contributed by atoms with Crippen LogP contribution in [0, 0.1) is 5.82 Å². The number of aromatic carboxylic acids is 1. The Labute approximate surface area is 156 Å². The van der Waals surface area contributed by atoms with Crippen LogP contribution in [-0.4, -0.2) is 32.1 Å². The number of ether oxygens (including phenoxy) is 1. The number of benzene rings is 2. The lowest BCUT2D eigenvalue weighted by molar-refractivity contribution is 0.0696. The Kier molecular flexibility index (Phi) is 5.07. The summed E-state index contributed by atoms with van der Waals surface area (Å²) in [5, 5.41) is 14.7. The second-order valence-electron chi connectivity index (χ2n) is 6.41. The molecule has 0 bridgehead atoms. The van der Waals surface area contributed by atoms with E-state index in [4.69, 9.17) is 9.88 Å². The van der Waals surface area contributed by atoms with Crippen LogP contribution >= 0.6 is 0 Å². The van der Waals surface area contributed by atoms with Crippen molar-refractivity contribution in [3.8, 4) is 11.5 Å². The molecule has 3 rings (SSSR count). The zero-order valence-corrected chi connectivity index (χ0v) is 15.4. The fraction of sp³-hybridized carbons (Fsp3) is 0.278. The Morgan fingerprint density at radius 3 is 2.48 bits per heavy atom. The summed E-state index contributed by atoms with van der Waals surface area (Å²) in [5.41, 5.74) is 0.118. The molecule has 2 aromatic carbocycles. The molecule has 0 saturated carbocycles. The van der Waals surface area contributed by atoms with Gasteiger partial charge in [0.05, 0.1) is 11.3 Å². The van der Waals surface area contributed by atoms with E-state index in [0.29, 0.717) is 12.2 Å². The predicted octanol–water partition coefficient (Wildman–Crippen LogP) is 2.95. The standard InChI is InChI=1S/C18H19FN2O5S/c1-11-3-2-8-21(11)15-9-12(18(22)23)10-16(27(20,24)25)17(15)26-14-6-4-13(19)5-7-14/h4-7,9-11H,2-3,8H2,1H3,(H,22,23)(H2,20,24,25). The molecule has 9 heteroatoms. The van der Waals surface area contributed by atoms with Gasteiger partial charge in [0.2, 0.25) is 10.0 Å². The van der Waals surface area contributed by atoms with Crippen LogP contribution in [0.2, 0.25) is 0 Å². The molecular formula is C18H19FN2O5S. The molecule has 1 unspecified atom stereocenters. The van der Waals surface area contributed by atoms with Crippen molar-refractivity contribution in [3.63, 3.8) is 0 Å². The number of sulfonamides is 1. The molecule has 144 valence electrons. The van der Waals surface area contributed by atoms with Crippen LogP contribution in [0.15, 0.2) is 41.3 Å².